The highest BCUT2D eigenvalue weighted by Gasteiger charge is 2.42. The van der Waals surface area contributed by atoms with Crippen LogP contribution in [0.1, 0.15) is 36.0 Å². The van der Waals surface area contributed by atoms with Gasteiger partial charge in [0.25, 0.3) is 0 Å². The van der Waals surface area contributed by atoms with Gasteiger partial charge in [0.2, 0.25) is 0 Å². The predicted molar refractivity (Wildman–Crippen MR) is 172 cm³/mol. The first-order valence-electron chi connectivity index (χ1n) is 14.5. The van der Waals surface area contributed by atoms with Gasteiger partial charge in [0, 0.05) is 60.7 Å². The van der Waals surface area contributed by atoms with Crippen LogP contribution in [0.15, 0.2) is 76.4 Å². The van der Waals surface area contributed by atoms with E-state index in [1.807, 2.05) is 34.5 Å². The number of aromatic nitrogens is 1. The van der Waals surface area contributed by atoms with Crippen LogP contribution in [-0.2, 0) is 19.7 Å². The molecule has 1 aromatic heterocycles. The molecule has 45 heavy (non-hydrogen) atoms. The molecule has 2 saturated heterocycles. The summed E-state index contributed by atoms with van der Waals surface area (Å²) in [5.41, 5.74) is 2.25. The predicted octanol–water partition coefficient (Wildman–Crippen LogP) is 4.30. The molecule has 6 rings (SSSR count). The lowest BCUT2D eigenvalue weighted by Crippen LogP contribution is -2.53. The van der Waals surface area contributed by atoms with Crippen molar-refractivity contribution in [2.75, 3.05) is 44.7 Å². The molecule has 3 aliphatic heterocycles. The Morgan fingerprint density at radius 3 is 2.49 bits per heavy atom. The van der Waals surface area contributed by atoms with Gasteiger partial charge in [-0.3, -0.25) is 19.6 Å². The smallest absolute Gasteiger partial charge is 0.338 e. The molecule has 2 fully saturated rings. The van der Waals surface area contributed by atoms with Crippen molar-refractivity contribution in [3.05, 3.63) is 92.5 Å². The van der Waals surface area contributed by atoms with Gasteiger partial charge in [-0.25, -0.2) is 14.6 Å². The third-order valence-electron chi connectivity index (χ3n) is 8.61. The normalized spacial score (nSPS) is 20.5. The van der Waals surface area contributed by atoms with E-state index in [1.165, 1.54) is 18.4 Å². The summed E-state index contributed by atoms with van der Waals surface area (Å²) in [6.45, 7) is 5.96. The van der Waals surface area contributed by atoms with E-state index in [-0.39, 0.29) is 12.1 Å². The van der Waals surface area contributed by atoms with Crippen LogP contribution in [-0.4, -0.2) is 89.6 Å². The van der Waals surface area contributed by atoms with Crippen LogP contribution < -0.4 is 10.2 Å². The Balaban J connectivity index is 1.24. The van der Waals surface area contributed by atoms with Crippen molar-refractivity contribution in [2.24, 2.45) is 4.99 Å². The zero-order valence-electron chi connectivity index (χ0n) is 25.1. The number of ether oxygens (including phenoxy) is 1. The van der Waals surface area contributed by atoms with E-state index < -0.39 is 23.4 Å². The van der Waals surface area contributed by atoms with Gasteiger partial charge in [-0.05, 0) is 49.2 Å². The summed E-state index contributed by atoms with van der Waals surface area (Å²) in [6, 6.07) is 13.7. The molecule has 0 saturated carbocycles. The number of amides is 2. The lowest BCUT2D eigenvalue weighted by Gasteiger charge is -2.38. The fraction of sp³-hybridized carbons (Fsp3) is 0.344. The number of aliphatic carboxylic acids is 1. The molecular weight excluding hydrogens is 616 g/mol. The third-order valence-corrected chi connectivity index (χ3v) is 9.64. The summed E-state index contributed by atoms with van der Waals surface area (Å²) >= 11 is 7.62. The van der Waals surface area contributed by atoms with E-state index in [2.05, 4.69) is 15.2 Å². The van der Waals surface area contributed by atoms with Gasteiger partial charge >= 0.3 is 18.0 Å². The van der Waals surface area contributed by atoms with Crippen LogP contribution in [0.2, 0.25) is 5.02 Å². The van der Waals surface area contributed by atoms with Gasteiger partial charge in [0.1, 0.15) is 6.04 Å². The average Bonchev–Trinajstić information content (AvgIpc) is 3.69. The zero-order chi connectivity index (χ0) is 31.9. The summed E-state index contributed by atoms with van der Waals surface area (Å²) in [6.07, 6.45) is 1.71. The summed E-state index contributed by atoms with van der Waals surface area (Å²) in [5.74, 6) is -0.815. The van der Waals surface area contributed by atoms with Gasteiger partial charge in [0.05, 0.1) is 24.1 Å². The fourth-order valence-corrected chi connectivity index (χ4v) is 6.66. The topological polar surface area (TPSA) is 128 Å². The number of carbonyl (C=O) groups excluding carboxylic acids is 2. The van der Waals surface area contributed by atoms with E-state index in [0.717, 1.165) is 11.3 Å². The molecule has 2 N–H and O–H groups in total. The van der Waals surface area contributed by atoms with Crippen molar-refractivity contribution < 1.29 is 24.2 Å². The molecule has 234 valence electrons. The summed E-state index contributed by atoms with van der Waals surface area (Å²) in [7, 11) is 1.36. The molecule has 0 bridgehead atoms. The highest BCUT2D eigenvalue weighted by Crippen LogP contribution is 2.35. The number of nitrogens with one attached hydrogen (secondary N) is 1. The second kappa shape index (κ2) is 12.3. The standard InChI is InChI=1S/C32H33ClN6O5S/c1-32(2,30(41)42)20-6-10-22(11-7-20)39-17-23-16-37(13-14-38(23)31(39)43)18-24-25(29(40)44-3)26(19-4-8-21(33)9-5-19)36-27(35-24)28-34-12-15-45-28/h4-12,15,23,26H,13-14,16-18H2,1-3H3,(H,35,36)(H,41,42)/t23-,26-/m0/s1. The molecule has 3 aliphatic rings. The largest absolute Gasteiger partial charge is 0.481 e. The molecular formula is C32H33ClN6O5S. The number of urea groups is 1. The highest BCUT2D eigenvalue weighted by atomic mass is 35.5. The Bertz CT molecular complexity index is 1670. The van der Waals surface area contributed by atoms with Crippen molar-refractivity contribution in [1.29, 1.82) is 0 Å². The lowest BCUT2D eigenvalue weighted by atomic mass is 9.85. The number of halogens is 1. The highest BCUT2D eigenvalue weighted by molar-refractivity contribution is 7.11. The third kappa shape index (κ3) is 5.92. The van der Waals surface area contributed by atoms with Gasteiger partial charge < -0.3 is 20.1 Å². The number of rotatable bonds is 8. The fourth-order valence-electron chi connectivity index (χ4n) is 5.94. The number of thiazole rings is 1. The molecule has 4 heterocycles. The van der Waals surface area contributed by atoms with E-state index in [1.54, 1.807) is 49.2 Å². The number of hydrogen-bond donors (Lipinski definition) is 2. The van der Waals surface area contributed by atoms with Gasteiger partial charge in [-0.1, -0.05) is 35.9 Å². The van der Waals surface area contributed by atoms with Gasteiger partial charge in [-0.2, -0.15) is 0 Å². The molecule has 11 nitrogen and oxygen atoms in total. The average molecular weight is 649 g/mol. The monoisotopic (exact) mass is 648 g/mol. The number of aliphatic imine (C=N–C) groups is 1. The molecule has 0 aliphatic carbocycles. The maximum atomic E-state index is 13.4. The summed E-state index contributed by atoms with van der Waals surface area (Å²) in [4.78, 5) is 53.6. The minimum absolute atomic E-state index is 0.0636. The molecule has 2 aromatic carbocycles. The van der Waals surface area contributed by atoms with Crippen LogP contribution >= 0.6 is 22.9 Å². The van der Waals surface area contributed by atoms with E-state index in [9.17, 15) is 19.5 Å². The number of nitrogens with zero attached hydrogens (tertiary/aromatic N) is 5. The van der Waals surface area contributed by atoms with Crippen LogP contribution in [0.4, 0.5) is 10.5 Å². The summed E-state index contributed by atoms with van der Waals surface area (Å²) < 4.78 is 5.24. The van der Waals surface area contributed by atoms with Crippen molar-refractivity contribution in [2.45, 2.75) is 31.3 Å². The number of hydrogen-bond acceptors (Lipinski definition) is 9. The first-order chi connectivity index (χ1) is 21.6. The maximum absolute atomic E-state index is 13.4. The maximum Gasteiger partial charge on any atom is 0.338 e. The number of fused-ring (bicyclic) bond motifs is 1. The van der Waals surface area contributed by atoms with E-state index >= 15 is 0 Å². The Morgan fingerprint density at radius 1 is 1.11 bits per heavy atom. The number of piperazine rings is 1. The molecule has 13 heteroatoms. The first kappa shape index (κ1) is 30.8. The van der Waals surface area contributed by atoms with E-state index in [0.29, 0.717) is 65.4 Å². The Hall–Kier alpha value is -4.26. The molecule has 2 amide bonds. The SMILES string of the molecule is COC(=O)C1=C(CN2CCN3C(=O)N(c4ccc(C(C)(C)C(=O)O)cc4)C[C@@H]3C2)NC(c2nccs2)=N[C@H]1c1ccc(Cl)cc1. The number of benzene rings is 2. The molecule has 2 atom stereocenters. The second-order valence-corrected chi connectivity index (χ2v) is 13.1. The van der Waals surface area contributed by atoms with Crippen LogP contribution in [0, 0.1) is 0 Å². The molecule has 0 radical (unpaired) electrons. The molecule has 0 spiro atoms. The van der Waals surface area contributed by atoms with Gasteiger partial charge in [-0.15, -0.1) is 11.3 Å². The number of anilines is 1. The van der Waals surface area contributed by atoms with Crippen LogP contribution in [0.5, 0.6) is 0 Å². The molecule has 3 aromatic rings. The Kier molecular flexibility index (Phi) is 8.38. The number of carboxylic acids is 1. The number of carboxylic acid groups (broad SMARTS) is 1. The number of esters is 1. The number of methoxy groups -OCH3 is 1. The van der Waals surface area contributed by atoms with Gasteiger partial charge in [0.15, 0.2) is 10.8 Å². The van der Waals surface area contributed by atoms with Crippen molar-refractivity contribution in [3.63, 3.8) is 0 Å². The minimum atomic E-state index is -1.03. The zero-order valence-corrected chi connectivity index (χ0v) is 26.6. The summed E-state index contributed by atoms with van der Waals surface area (Å²) in [5, 5.41) is 16.1. The minimum Gasteiger partial charge on any atom is -0.481 e. The van der Waals surface area contributed by atoms with Crippen molar-refractivity contribution in [3.8, 4) is 0 Å². The van der Waals surface area contributed by atoms with Crippen LogP contribution in [0.25, 0.3) is 0 Å². The first-order valence-corrected chi connectivity index (χ1v) is 15.8. The van der Waals surface area contributed by atoms with E-state index in [4.69, 9.17) is 21.3 Å². The number of carbonyl (C=O) groups is 3. The quantitative estimate of drug-likeness (QED) is 0.346. The van der Waals surface area contributed by atoms with Crippen molar-refractivity contribution in [1.82, 2.24) is 20.1 Å². The van der Waals surface area contributed by atoms with Crippen LogP contribution in [0.3, 0.4) is 0 Å². The Labute approximate surface area is 269 Å². The lowest BCUT2D eigenvalue weighted by molar-refractivity contribution is -0.142. The second-order valence-electron chi connectivity index (χ2n) is 11.7. The molecule has 0 unspecified atom stereocenters. The number of amidine groups is 1. The van der Waals surface area contributed by atoms with Crippen molar-refractivity contribution >= 4 is 52.4 Å². The Morgan fingerprint density at radius 2 is 1.84 bits per heavy atom.